The Bertz CT molecular complexity index is 1540. The number of carbonyl (C=O) groups excluding carboxylic acids is 1. The van der Waals surface area contributed by atoms with Crippen LogP contribution in [0.4, 0.5) is 4.79 Å². The summed E-state index contributed by atoms with van der Waals surface area (Å²) in [5.41, 5.74) is 3.49. The second kappa shape index (κ2) is 11.3. The monoisotopic (exact) mass is 588 g/mol. The quantitative estimate of drug-likeness (QED) is 0.412. The lowest BCUT2D eigenvalue weighted by Gasteiger charge is -2.38. The summed E-state index contributed by atoms with van der Waals surface area (Å²) in [5, 5.41) is 0. The molecule has 11 nitrogen and oxygen atoms in total. The maximum Gasteiger partial charge on any atom is 0.410 e. The van der Waals surface area contributed by atoms with Crippen LogP contribution in [-0.4, -0.2) is 71.7 Å². The van der Waals surface area contributed by atoms with Crippen LogP contribution in [0.15, 0.2) is 64.3 Å². The van der Waals surface area contributed by atoms with E-state index in [4.69, 9.17) is 25.2 Å². The Kier molecular flexibility index (Phi) is 8.03. The van der Waals surface area contributed by atoms with E-state index >= 15 is 0 Å². The van der Waals surface area contributed by atoms with E-state index < -0.39 is 36.5 Å². The van der Waals surface area contributed by atoms with Gasteiger partial charge in [-0.2, -0.15) is 0 Å². The molecule has 2 aromatic carbocycles. The molecule has 40 heavy (non-hydrogen) atoms. The highest BCUT2D eigenvalue weighted by Crippen LogP contribution is 2.54. The summed E-state index contributed by atoms with van der Waals surface area (Å²) in [6.07, 6.45) is -0.974. The highest BCUT2D eigenvalue weighted by Gasteiger charge is 2.36. The summed E-state index contributed by atoms with van der Waals surface area (Å²) in [7, 11) is 3.04. The lowest BCUT2D eigenvalue weighted by Crippen LogP contribution is -2.52. The number of ether oxygens (including phenoxy) is 2. The minimum atomic E-state index is -3.60. The highest BCUT2D eigenvalue weighted by atomic mass is 35.7. The molecule has 1 saturated heterocycles. The number of halogens is 1. The second-order valence-electron chi connectivity index (χ2n) is 9.99. The summed E-state index contributed by atoms with van der Waals surface area (Å²) in [5.74, 6) is -0.126. The second-order valence-corrected chi connectivity index (χ2v) is 13.2. The van der Waals surface area contributed by atoms with Crippen LogP contribution in [0.2, 0.25) is 0 Å². The Hall–Kier alpha value is -3.21. The molecule has 0 spiro atoms. The number of H-pyrrole nitrogens is 1. The number of rotatable bonds is 7. The Morgan fingerprint density at radius 3 is 2.33 bits per heavy atom. The van der Waals surface area contributed by atoms with Crippen LogP contribution >= 0.6 is 18.1 Å². The van der Waals surface area contributed by atoms with E-state index in [1.54, 1.807) is 6.92 Å². The Morgan fingerprint density at radius 1 is 1.07 bits per heavy atom. The van der Waals surface area contributed by atoms with Gasteiger partial charge in [0.05, 0.1) is 19.7 Å². The van der Waals surface area contributed by atoms with Crippen LogP contribution < -0.4 is 11.2 Å². The van der Waals surface area contributed by atoms with E-state index in [-0.39, 0.29) is 32.2 Å². The normalized spacial score (nSPS) is 20.2. The molecule has 0 saturated carbocycles. The van der Waals surface area contributed by atoms with E-state index in [0.717, 1.165) is 22.3 Å². The van der Waals surface area contributed by atoms with Crippen LogP contribution in [0.1, 0.15) is 28.8 Å². The van der Waals surface area contributed by atoms with Gasteiger partial charge in [-0.25, -0.2) is 14.3 Å². The maximum absolute atomic E-state index is 13.4. The molecule has 1 fully saturated rings. The first kappa shape index (κ1) is 28.3. The first-order valence-corrected chi connectivity index (χ1v) is 15.2. The number of nitrogens with zero attached hydrogens (tertiary/aromatic N) is 3. The number of aromatic nitrogens is 2. The van der Waals surface area contributed by atoms with Gasteiger partial charge in [-0.3, -0.25) is 18.9 Å². The Morgan fingerprint density at radius 2 is 1.70 bits per heavy atom. The van der Waals surface area contributed by atoms with Crippen LogP contribution in [-0.2, 0) is 18.6 Å². The SMILES string of the molecule is Cc1cn(C2CN(C(=O)OCC3c4ccccc4-c4ccccc43)CC(COP(=O)(Cl)N(C)C)O2)c(=O)[nH]c1=O. The van der Waals surface area contributed by atoms with Gasteiger partial charge in [-0.1, -0.05) is 48.5 Å². The molecule has 3 unspecified atom stereocenters. The zero-order valence-corrected chi connectivity index (χ0v) is 23.9. The fourth-order valence-electron chi connectivity index (χ4n) is 4.99. The average Bonchev–Trinajstić information content (AvgIpc) is 3.26. The van der Waals surface area contributed by atoms with Crippen molar-refractivity contribution < 1.29 is 23.4 Å². The molecule has 1 aromatic heterocycles. The molecule has 1 aliphatic carbocycles. The zero-order chi connectivity index (χ0) is 28.6. The molecular formula is C27H30ClN4O7P. The summed E-state index contributed by atoms with van der Waals surface area (Å²) in [4.78, 5) is 41.6. The maximum atomic E-state index is 13.4. The number of aromatic amines is 1. The van der Waals surface area contributed by atoms with E-state index in [9.17, 15) is 18.9 Å². The van der Waals surface area contributed by atoms with Gasteiger partial charge >= 0.3 is 18.7 Å². The van der Waals surface area contributed by atoms with Crippen molar-refractivity contribution in [3.05, 3.63) is 92.3 Å². The number of nitrogens with one attached hydrogen (secondary N) is 1. The van der Waals surface area contributed by atoms with Gasteiger partial charge in [-0.15, -0.1) is 0 Å². The van der Waals surface area contributed by atoms with Crippen molar-refractivity contribution in [2.24, 2.45) is 0 Å². The molecule has 5 rings (SSSR count). The third-order valence-corrected chi connectivity index (χ3v) is 9.72. The van der Waals surface area contributed by atoms with Crippen LogP contribution in [0.25, 0.3) is 11.1 Å². The van der Waals surface area contributed by atoms with Crippen molar-refractivity contribution >= 4 is 24.2 Å². The van der Waals surface area contributed by atoms with Crippen molar-refractivity contribution in [2.45, 2.75) is 25.2 Å². The molecule has 3 atom stereocenters. The van der Waals surface area contributed by atoms with Crippen molar-refractivity contribution in [2.75, 3.05) is 40.4 Å². The zero-order valence-electron chi connectivity index (χ0n) is 22.3. The summed E-state index contributed by atoms with van der Waals surface area (Å²) in [6, 6.07) is 16.1. The van der Waals surface area contributed by atoms with Gasteiger partial charge in [0.2, 0.25) is 0 Å². The Labute approximate surface area is 235 Å². The number of hydrogen-bond donors (Lipinski definition) is 1. The Balaban J connectivity index is 1.36. The molecule has 1 N–H and O–H groups in total. The minimum absolute atomic E-state index is 0.0230. The molecule has 2 heterocycles. The highest BCUT2D eigenvalue weighted by molar-refractivity contribution is 7.83. The number of carbonyl (C=O) groups is 1. The van der Waals surface area contributed by atoms with Crippen LogP contribution in [0, 0.1) is 6.92 Å². The number of amides is 1. The minimum Gasteiger partial charge on any atom is -0.448 e. The smallest absolute Gasteiger partial charge is 0.410 e. The largest absolute Gasteiger partial charge is 0.448 e. The topological polar surface area (TPSA) is 123 Å². The number of benzene rings is 2. The van der Waals surface area contributed by atoms with Gasteiger partial charge in [0.15, 0.2) is 6.23 Å². The molecule has 3 aromatic rings. The summed E-state index contributed by atoms with van der Waals surface area (Å²) in [6.45, 7) is -2.11. The number of fused-ring (bicyclic) bond motifs is 3. The predicted molar refractivity (Wildman–Crippen MR) is 150 cm³/mol. The van der Waals surface area contributed by atoms with Crippen LogP contribution in [0.3, 0.4) is 0 Å². The van der Waals surface area contributed by atoms with Crippen molar-refractivity contribution in [1.29, 1.82) is 0 Å². The first-order valence-electron chi connectivity index (χ1n) is 12.7. The molecule has 0 radical (unpaired) electrons. The van der Waals surface area contributed by atoms with E-state index in [0.29, 0.717) is 5.56 Å². The third-order valence-electron chi connectivity index (χ3n) is 7.10. The third kappa shape index (κ3) is 5.66. The molecular weight excluding hydrogens is 559 g/mol. The number of aryl methyl sites for hydroxylation is 1. The molecule has 1 aliphatic heterocycles. The predicted octanol–water partition coefficient (Wildman–Crippen LogP) is 3.92. The number of morpholine rings is 1. The van der Waals surface area contributed by atoms with E-state index in [1.807, 2.05) is 36.4 Å². The molecule has 1 amide bonds. The van der Waals surface area contributed by atoms with Gasteiger partial charge in [0.1, 0.15) is 12.7 Å². The summed E-state index contributed by atoms with van der Waals surface area (Å²) >= 11 is 6.01. The average molecular weight is 589 g/mol. The van der Waals surface area contributed by atoms with E-state index in [2.05, 4.69) is 17.1 Å². The molecule has 0 bridgehead atoms. The fraction of sp³-hybridized carbons (Fsp3) is 0.370. The van der Waals surface area contributed by atoms with Crippen molar-refractivity contribution in [1.82, 2.24) is 19.1 Å². The summed E-state index contributed by atoms with van der Waals surface area (Å²) < 4.78 is 32.3. The van der Waals surface area contributed by atoms with E-state index in [1.165, 1.54) is 34.4 Å². The van der Waals surface area contributed by atoms with Crippen molar-refractivity contribution in [3.8, 4) is 11.1 Å². The van der Waals surface area contributed by atoms with Gasteiger partial charge in [0, 0.05) is 17.7 Å². The standard InChI is InChI=1S/C27H30ClN4O7P/c1-17-12-32(26(34)29-25(17)33)24-14-31(13-18(39-24)15-38-40(28,36)30(2)3)27(35)37-16-23-21-10-6-4-8-19(21)20-9-5-7-11-22(20)23/h4-12,18,23-24H,13-16H2,1-3H3,(H,29,33,34). The molecule has 2 aliphatic rings. The fourth-order valence-corrected chi connectivity index (χ4v) is 5.74. The van der Waals surface area contributed by atoms with Gasteiger partial charge in [0.25, 0.3) is 5.56 Å². The van der Waals surface area contributed by atoms with Gasteiger partial charge in [-0.05, 0) is 54.5 Å². The molecule has 13 heteroatoms. The first-order chi connectivity index (χ1) is 19.0. The molecule has 212 valence electrons. The lowest BCUT2D eigenvalue weighted by molar-refractivity contribution is -0.127. The number of hydrogen-bond acceptors (Lipinski definition) is 7. The lowest BCUT2D eigenvalue weighted by atomic mass is 9.98. The van der Waals surface area contributed by atoms with Gasteiger partial charge < -0.3 is 18.9 Å². The van der Waals surface area contributed by atoms with Crippen molar-refractivity contribution in [3.63, 3.8) is 0 Å². The van der Waals surface area contributed by atoms with Crippen LogP contribution in [0.5, 0.6) is 0 Å².